The lowest BCUT2D eigenvalue weighted by Gasteiger charge is -2.37. The van der Waals surface area contributed by atoms with E-state index in [0.717, 1.165) is 11.4 Å². The van der Waals surface area contributed by atoms with Crippen molar-refractivity contribution in [3.63, 3.8) is 0 Å². The lowest BCUT2D eigenvalue weighted by atomic mass is 10.0. The second-order valence-corrected chi connectivity index (χ2v) is 6.35. The maximum Gasteiger partial charge on any atom is 0.250 e. The number of likely N-dealkylation sites (N-methyl/N-ethyl adjacent to an activating group) is 1. The van der Waals surface area contributed by atoms with Gasteiger partial charge in [-0.1, -0.05) is 23.7 Å². The number of amides is 1. The van der Waals surface area contributed by atoms with E-state index >= 15 is 0 Å². The number of ether oxygens (including phenoxy) is 1. The SMILES string of the molecule is CC(C)NC(=O)[C@H]1CN(C)[C@@H](Cc2ccc(Cl)cc2)CO1. The summed E-state index contributed by atoms with van der Waals surface area (Å²) in [5.41, 5.74) is 1.23. The molecule has 116 valence electrons. The molecule has 1 N–H and O–H groups in total. The molecule has 1 aliphatic heterocycles. The molecule has 0 aromatic heterocycles. The third-order valence-corrected chi connectivity index (χ3v) is 3.93. The number of hydrogen-bond acceptors (Lipinski definition) is 3. The number of rotatable bonds is 4. The molecule has 2 rings (SSSR count). The highest BCUT2D eigenvalue weighted by molar-refractivity contribution is 6.30. The third kappa shape index (κ3) is 4.70. The molecule has 4 nitrogen and oxygen atoms in total. The summed E-state index contributed by atoms with van der Waals surface area (Å²) in [7, 11) is 2.04. The molecule has 5 heteroatoms. The predicted molar refractivity (Wildman–Crippen MR) is 84.6 cm³/mol. The molecule has 1 aromatic carbocycles. The average Bonchev–Trinajstić information content (AvgIpc) is 2.42. The zero-order valence-electron chi connectivity index (χ0n) is 12.8. The Morgan fingerprint density at radius 2 is 2.10 bits per heavy atom. The van der Waals surface area contributed by atoms with Crippen molar-refractivity contribution in [2.75, 3.05) is 20.2 Å². The van der Waals surface area contributed by atoms with Crippen molar-refractivity contribution in [2.45, 2.75) is 38.5 Å². The monoisotopic (exact) mass is 310 g/mol. The molecule has 2 atom stereocenters. The van der Waals surface area contributed by atoms with Crippen LogP contribution in [0.2, 0.25) is 5.02 Å². The highest BCUT2D eigenvalue weighted by atomic mass is 35.5. The number of benzene rings is 1. The fourth-order valence-corrected chi connectivity index (χ4v) is 2.59. The van der Waals surface area contributed by atoms with Crippen molar-refractivity contribution >= 4 is 17.5 Å². The van der Waals surface area contributed by atoms with Gasteiger partial charge in [-0.2, -0.15) is 0 Å². The standard InChI is InChI=1S/C16H23ClN2O2/c1-11(2)18-16(20)15-9-19(3)14(10-21-15)8-12-4-6-13(17)7-5-12/h4-7,11,14-15H,8-10H2,1-3H3,(H,18,20)/t14-,15+/m0/s1. The topological polar surface area (TPSA) is 41.6 Å². The van der Waals surface area contributed by atoms with Crippen molar-refractivity contribution in [2.24, 2.45) is 0 Å². The summed E-state index contributed by atoms with van der Waals surface area (Å²) >= 11 is 5.90. The average molecular weight is 311 g/mol. The molecule has 1 heterocycles. The molecule has 0 bridgehead atoms. The molecule has 1 fully saturated rings. The highest BCUT2D eigenvalue weighted by Crippen LogP contribution is 2.17. The van der Waals surface area contributed by atoms with E-state index in [0.29, 0.717) is 13.2 Å². The van der Waals surface area contributed by atoms with Gasteiger partial charge in [-0.05, 0) is 45.0 Å². The first kappa shape index (κ1) is 16.3. The Morgan fingerprint density at radius 1 is 1.43 bits per heavy atom. The maximum absolute atomic E-state index is 12.0. The van der Waals surface area contributed by atoms with Crippen molar-refractivity contribution < 1.29 is 9.53 Å². The highest BCUT2D eigenvalue weighted by Gasteiger charge is 2.30. The van der Waals surface area contributed by atoms with Crippen molar-refractivity contribution in [1.82, 2.24) is 10.2 Å². The van der Waals surface area contributed by atoms with Crippen LogP contribution in [0.5, 0.6) is 0 Å². The fourth-order valence-electron chi connectivity index (χ4n) is 2.46. The Kier molecular flexibility index (Phi) is 5.62. The maximum atomic E-state index is 12.0. The van der Waals surface area contributed by atoms with E-state index in [1.165, 1.54) is 5.56 Å². The Hall–Kier alpha value is -1.10. The van der Waals surface area contributed by atoms with E-state index in [9.17, 15) is 4.79 Å². The largest absolute Gasteiger partial charge is 0.365 e. The second kappa shape index (κ2) is 7.25. The number of morpholine rings is 1. The summed E-state index contributed by atoms with van der Waals surface area (Å²) in [6.45, 7) is 5.09. The van der Waals surface area contributed by atoms with Crippen LogP contribution in [0.15, 0.2) is 24.3 Å². The van der Waals surface area contributed by atoms with Gasteiger partial charge < -0.3 is 10.1 Å². The summed E-state index contributed by atoms with van der Waals surface area (Å²) in [6, 6.07) is 8.30. The Morgan fingerprint density at radius 3 is 2.67 bits per heavy atom. The molecular weight excluding hydrogens is 288 g/mol. The van der Waals surface area contributed by atoms with Crippen molar-refractivity contribution in [1.29, 1.82) is 0 Å². The zero-order valence-corrected chi connectivity index (χ0v) is 13.6. The molecule has 0 aliphatic carbocycles. The number of nitrogens with one attached hydrogen (secondary N) is 1. The summed E-state index contributed by atoms with van der Waals surface area (Å²) in [6.07, 6.45) is 0.519. The van der Waals surface area contributed by atoms with Crippen LogP contribution < -0.4 is 5.32 Å². The predicted octanol–water partition coefficient (Wildman–Crippen LogP) is 2.11. The van der Waals surface area contributed by atoms with Gasteiger partial charge in [0.15, 0.2) is 0 Å². The molecule has 1 aliphatic rings. The zero-order chi connectivity index (χ0) is 15.4. The van der Waals surface area contributed by atoms with Crippen molar-refractivity contribution in [3.8, 4) is 0 Å². The van der Waals surface area contributed by atoms with Gasteiger partial charge in [0.05, 0.1) is 6.61 Å². The number of carbonyl (C=O) groups is 1. The number of hydrogen-bond donors (Lipinski definition) is 1. The van der Waals surface area contributed by atoms with Crippen LogP contribution in [-0.4, -0.2) is 49.2 Å². The molecular formula is C16H23ClN2O2. The van der Waals surface area contributed by atoms with E-state index in [4.69, 9.17) is 16.3 Å². The van der Waals surface area contributed by atoms with Gasteiger partial charge in [0, 0.05) is 23.7 Å². The minimum absolute atomic E-state index is 0.0261. The van der Waals surface area contributed by atoms with E-state index < -0.39 is 0 Å². The molecule has 1 saturated heterocycles. The number of nitrogens with zero attached hydrogens (tertiary/aromatic N) is 1. The minimum Gasteiger partial charge on any atom is -0.365 e. The van der Waals surface area contributed by atoms with Gasteiger partial charge in [-0.25, -0.2) is 0 Å². The number of carbonyl (C=O) groups excluding carboxylic acids is 1. The molecule has 1 aromatic rings. The first-order chi connectivity index (χ1) is 9.95. The Balaban J connectivity index is 1.89. The van der Waals surface area contributed by atoms with Crippen LogP contribution >= 0.6 is 11.6 Å². The van der Waals surface area contributed by atoms with Crippen LogP contribution in [0.4, 0.5) is 0 Å². The molecule has 0 saturated carbocycles. The molecule has 0 spiro atoms. The summed E-state index contributed by atoms with van der Waals surface area (Å²) in [5.74, 6) is -0.0261. The van der Waals surface area contributed by atoms with Gasteiger partial charge in [-0.15, -0.1) is 0 Å². The van der Waals surface area contributed by atoms with Gasteiger partial charge in [-0.3, -0.25) is 9.69 Å². The summed E-state index contributed by atoms with van der Waals surface area (Å²) in [5, 5.41) is 3.65. The lowest BCUT2D eigenvalue weighted by molar-refractivity contribution is -0.141. The quantitative estimate of drug-likeness (QED) is 0.926. The normalized spacial score (nSPS) is 23.3. The second-order valence-electron chi connectivity index (χ2n) is 5.91. The van der Waals surface area contributed by atoms with E-state index in [1.54, 1.807) is 0 Å². The van der Waals surface area contributed by atoms with Gasteiger partial charge in [0.2, 0.25) is 0 Å². The Labute approximate surface area is 131 Å². The smallest absolute Gasteiger partial charge is 0.250 e. The van der Waals surface area contributed by atoms with Crippen molar-refractivity contribution in [3.05, 3.63) is 34.9 Å². The van der Waals surface area contributed by atoms with Gasteiger partial charge >= 0.3 is 0 Å². The molecule has 1 amide bonds. The van der Waals surface area contributed by atoms with Crippen LogP contribution in [0.1, 0.15) is 19.4 Å². The van der Waals surface area contributed by atoms with Gasteiger partial charge in [0.1, 0.15) is 6.10 Å². The fraction of sp³-hybridized carbons (Fsp3) is 0.562. The lowest BCUT2D eigenvalue weighted by Crippen LogP contribution is -2.54. The van der Waals surface area contributed by atoms with Crippen LogP contribution in [0.3, 0.4) is 0 Å². The number of halogens is 1. The third-order valence-electron chi connectivity index (χ3n) is 3.67. The van der Waals surface area contributed by atoms with Gasteiger partial charge in [0.25, 0.3) is 5.91 Å². The Bertz CT molecular complexity index is 476. The van der Waals surface area contributed by atoms with Crippen LogP contribution in [0, 0.1) is 0 Å². The first-order valence-corrected chi connectivity index (χ1v) is 7.70. The molecule has 0 radical (unpaired) electrons. The van der Waals surface area contributed by atoms with Crippen LogP contribution in [0.25, 0.3) is 0 Å². The molecule has 21 heavy (non-hydrogen) atoms. The molecule has 0 unspecified atom stereocenters. The summed E-state index contributed by atoms with van der Waals surface area (Å²) < 4.78 is 5.74. The summed E-state index contributed by atoms with van der Waals surface area (Å²) in [4.78, 5) is 14.2. The minimum atomic E-state index is -0.376. The van der Waals surface area contributed by atoms with E-state index in [-0.39, 0.29) is 24.1 Å². The van der Waals surface area contributed by atoms with E-state index in [1.807, 2.05) is 45.2 Å². The first-order valence-electron chi connectivity index (χ1n) is 7.32. The van der Waals surface area contributed by atoms with E-state index in [2.05, 4.69) is 10.2 Å². The van der Waals surface area contributed by atoms with Crippen LogP contribution in [-0.2, 0) is 16.0 Å².